The number of ether oxygens (including phenoxy) is 1. The third kappa shape index (κ3) is 3.43. The van der Waals surface area contributed by atoms with E-state index in [4.69, 9.17) is 4.74 Å². The number of alkyl halides is 1. The lowest BCUT2D eigenvalue weighted by atomic mass is 9.86. The van der Waals surface area contributed by atoms with Gasteiger partial charge in [-0.05, 0) is 34.2 Å². The summed E-state index contributed by atoms with van der Waals surface area (Å²) in [6, 6.07) is 17.0. The maximum absolute atomic E-state index is 5.28. The van der Waals surface area contributed by atoms with Gasteiger partial charge in [0, 0.05) is 0 Å². The molecule has 0 heterocycles. The lowest BCUT2D eigenvalue weighted by molar-refractivity contribution is 0.414. The Kier molecular flexibility index (Phi) is 4.54. The Bertz CT molecular complexity index is 567. The number of benzene rings is 2. The molecule has 20 heavy (non-hydrogen) atoms. The number of halogens is 1. The van der Waals surface area contributed by atoms with Crippen molar-refractivity contribution in [3.63, 3.8) is 0 Å². The van der Waals surface area contributed by atoms with Crippen molar-refractivity contribution in [1.82, 2.24) is 0 Å². The molecule has 0 aromatic heterocycles. The molecule has 0 N–H and O–H groups in total. The van der Waals surface area contributed by atoms with Crippen molar-refractivity contribution < 1.29 is 4.74 Å². The van der Waals surface area contributed by atoms with E-state index < -0.39 is 0 Å². The maximum atomic E-state index is 5.28. The fourth-order valence-corrected chi connectivity index (χ4v) is 2.73. The SMILES string of the molecule is COc1cccc(C(Br)c2ccc(C(C)(C)C)cc2)c1. The van der Waals surface area contributed by atoms with Gasteiger partial charge < -0.3 is 4.74 Å². The van der Waals surface area contributed by atoms with E-state index in [0.29, 0.717) is 0 Å². The van der Waals surface area contributed by atoms with Crippen LogP contribution >= 0.6 is 15.9 Å². The standard InChI is InChI=1S/C18H21BrO/c1-18(2,3)15-10-8-13(9-11-15)17(19)14-6-5-7-16(12-14)20-4/h5-12,17H,1-4H3. The largest absolute Gasteiger partial charge is 0.497 e. The van der Waals surface area contributed by atoms with Gasteiger partial charge in [-0.3, -0.25) is 0 Å². The van der Waals surface area contributed by atoms with E-state index >= 15 is 0 Å². The van der Waals surface area contributed by atoms with Gasteiger partial charge in [-0.1, -0.05) is 73.1 Å². The monoisotopic (exact) mass is 332 g/mol. The molecular weight excluding hydrogens is 312 g/mol. The molecule has 106 valence electrons. The summed E-state index contributed by atoms with van der Waals surface area (Å²) in [4.78, 5) is 0.187. The van der Waals surface area contributed by atoms with E-state index in [9.17, 15) is 0 Å². The maximum Gasteiger partial charge on any atom is 0.119 e. The molecule has 0 radical (unpaired) electrons. The minimum Gasteiger partial charge on any atom is -0.497 e. The summed E-state index contributed by atoms with van der Waals surface area (Å²) in [5.74, 6) is 0.887. The number of hydrogen-bond acceptors (Lipinski definition) is 1. The van der Waals surface area contributed by atoms with E-state index in [1.807, 2.05) is 12.1 Å². The number of rotatable bonds is 3. The minimum atomic E-state index is 0.187. The highest BCUT2D eigenvalue weighted by Gasteiger charge is 2.15. The average Bonchev–Trinajstić information content (AvgIpc) is 2.46. The average molecular weight is 333 g/mol. The van der Waals surface area contributed by atoms with E-state index in [-0.39, 0.29) is 10.2 Å². The van der Waals surface area contributed by atoms with Crippen molar-refractivity contribution in [2.24, 2.45) is 0 Å². The van der Waals surface area contributed by atoms with Crippen molar-refractivity contribution in [2.75, 3.05) is 7.11 Å². The van der Waals surface area contributed by atoms with Crippen LogP contribution in [0, 0.1) is 0 Å². The lowest BCUT2D eigenvalue weighted by Gasteiger charge is -2.20. The van der Waals surface area contributed by atoms with E-state index in [0.717, 1.165) is 5.75 Å². The Labute approximate surface area is 130 Å². The van der Waals surface area contributed by atoms with Gasteiger partial charge in [0.15, 0.2) is 0 Å². The Balaban J connectivity index is 2.26. The molecule has 2 rings (SSSR count). The van der Waals surface area contributed by atoms with Crippen molar-refractivity contribution in [3.05, 3.63) is 65.2 Å². The van der Waals surface area contributed by atoms with Crippen molar-refractivity contribution in [3.8, 4) is 5.75 Å². The van der Waals surface area contributed by atoms with Gasteiger partial charge in [-0.25, -0.2) is 0 Å². The lowest BCUT2D eigenvalue weighted by Crippen LogP contribution is -2.10. The molecule has 0 saturated heterocycles. The van der Waals surface area contributed by atoms with Gasteiger partial charge in [-0.15, -0.1) is 0 Å². The van der Waals surface area contributed by atoms with Gasteiger partial charge in [-0.2, -0.15) is 0 Å². The minimum absolute atomic E-state index is 0.187. The van der Waals surface area contributed by atoms with Gasteiger partial charge in [0.05, 0.1) is 11.9 Å². The van der Waals surface area contributed by atoms with Crippen molar-refractivity contribution in [2.45, 2.75) is 31.0 Å². The Morgan fingerprint density at radius 2 is 1.60 bits per heavy atom. The van der Waals surface area contributed by atoms with Crippen LogP contribution in [0.5, 0.6) is 5.75 Å². The summed E-state index contributed by atoms with van der Waals surface area (Å²) in [6.45, 7) is 6.70. The second-order valence-electron chi connectivity index (χ2n) is 6.01. The van der Waals surface area contributed by atoms with E-state index in [1.165, 1.54) is 16.7 Å². The topological polar surface area (TPSA) is 9.23 Å². The van der Waals surface area contributed by atoms with Gasteiger partial charge >= 0.3 is 0 Å². The van der Waals surface area contributed by atoms with Gasteiger partial charge in [0.2, 0.25) is 0 Å². The van der Waals surface area contributed by atoms with Crippen LogP contribution in [-0.4, -0.2) is 7.11 Å². The van der Waals surface area contributed by atoms with Gasteiger partial charge in [0.1, 0.15) is 5.75 Å². The van der Waals surface area contributed by atoms with Crippen molar-refractivity contribution >= 4 is 15.9 Å². The predicted molar refractivity (Wildman–Crippen MR) is 88.9 cm³/mol. The first-order chi connectivity index (χ1) is 9.41. The molecule has 0 spiro atoms. The summed E-state index contributed by atoms with van der Waals surface area (Å²) in [7, 11) is 1.69. The van der Waals surface area contributed by atoms with Crippen LogP contribution in [-0.2, 0) is 5.41 Å². The third-order valence-corrected chi connectivity index (χ3v) is 4.51. The summed E-state index contributed by atoms with van der Waals surface area (Å²) >= 11 is 3.78. The molecule has 0 aliphatic carbocycles. The number of methoxy groups -OCH3 is 1. The van der Waals surface area contributed by atoms with Crippen LogP contribution in [0.25, 0.3) is 0 Å². The molecule has 2 aromatic carbocycles. The Morgan fingerprint density at radius 3 is 2.15 bits per heavy atom. The van der Waals surface area contributed by atoms with Crippen LogP contribution < -0.4 is 4.74 Å². The fraction of sp³-hybridized carbons (Fsp3) is 0.333. The molecular formula is C18H21BrO. The highest BCUT2D eigenvalue weighted by molar-refractivity contribution is 9.09. The van der Waals surface area contributed by atoms with E-state index in [1.54, 1.807) is 7.11 Å². The Morgan fingerprint density at radius 1 is 0.950 bits per heavy atom. The molecule has 0 amide bonds. The molecule has 2 heteroatoms. The third-order valence-electron chi connectivity index (χ3n) is 3.46. The first kappa shape index (κ1) is 15.1. The van der Waals surface area contributed by atoms with Crippen LogP contribution in [0.2, 0.25) is 0 Å². The van der Waals surface area contributed by atoms with Crippen LogP contribution in [0.15, 0.2) is 48.5 Å². The normalized spacial score (nSPS) is 13.1. The molecule has 2 aromatic rings. The highest BCUT2D eigenvalue weighted by Crippen LogP contribution is 2.33. The quantitative estimate of drug-likeness (QED) is 0.676. The summed E-state index contributed by atoms with van der Waals surface area (Å²) < 4.78 is 5.28. The van der Waals surface area contributed by atoms with Gasteiger partial charge in [0.25, 0.3) is 0 Å². The molecule has 1 atom stereocenters. The number of hydrogen-bond donors (Lipinski definition) is 0. The molecule has 0 aliphatic heterocycles. The molecule has 0 bridgehead atoms. The second-order valence-corrected chi connectivity index (χ2v) is 6.93. The smallest absolute Gasteiger partial charge is 0.119 e. The molecule has 0 fully saturated rings. The molecule has 1 unspecified atom stereocenters. The van der Waals surface area contributed by atoms with Crippen LogP contribution in [0.4, 0.5) is 0 Å². The summed E-state index contributed by atoms with van der Waals surface area (Å²) in [5, 5.41) is 0. The zero-order chi connectivity index (χ0) is 14.8. The van der Waals surface area contributed by atoms with Crippen LogP contribution in [0.1, 0.15) is 42.3 Å². The fourth-order valence-electron chi connectivity index (χ4n) is 2.14. The molecule has 0 aliphatic rings. The first-order valence-corrected chi connectivity index (χ1v) is 7.72. The second kappa shape index (κ2) is 6.01. The predicted octanol–water partition coefficient (Wildman–Crippen LogP) is 5.48. The van der Waals surface area contributed by atoms with E-state index in [2.05, 4.69) is 73.1 Å². The summed E-state index contributed by atoms with van der Waals surface area (Å²) in [5.41, 5.74) is 4.00. The first-order valence-electron chi connectivity index (χ1n) is 6.80. The molecule has 0 saturated carbocycles. The van der Waals surface area contributed by atoms with Crippen LogP contribution in [0.3, 0.4) is 0 Å². The van der Waals surface area contributed by atoms with Crippen molar-refractivity contribution in [1.29, 1.82) is 0 Å². The Hall–Kier alpha value is -1.28. The zero-order valence-corrected chi connectivity index (χ0v) is 14.1. The zero-order valence-electron chi connectivity index (χ0n) is 12.5. The highest BCUT2D eigenvalue weighted by atomic mass is 79.9. The summed E-state index contributed by atoms with van der Waals surface area (Å²) in [6.07, 6.45) is 0. The molecule has 1 nitrogen and oxygen atoms in total.